The van der Waals surface area contributed by atoms with Gasteiger partial charge < -0.3 is 10.2 Å². The van der Waals surface area contributed by atoms with E-state index in [-0.39, 0.29) is 5.54 Å². The van der Waals surface area contributed by atoms with Crippen molar-refractivity contribution in [2.45, 2.75) is 73.5 Å². The minimum Gasteiger partial charge on any atom is -0.345 e. The highest BCUT2D eigenvalue weighted by atomic mass is 32.1. The number of aromatic nitrogens is 1. The Bertz CT molecular complexity index is 416. The Morgan fingerprint density at radius 3 is 2.25 bits per heavy atom. The lowest BCUT2D eigenvalue weighted by Gasteiger charge is -2.27. The number of thiazole rings is 1. The summed E-state index contributed by atoms with van der Waals surface area (Å²) in [5, 5.41) is 4.72. The highest BCUT2D eigenvalue weighted by Crippen LogP contribution is 2.28. The zero-order valence-electron chi connectivity index (χ0n) is 14.4. The standard InChI is InChI=1S/C16H31N3S/c1-11(2)10-19(12(3)4)15-18-13(5)14(20-15)9-17-16(6,7)8/h11-12,17H,9-10H2,1-8H3. The molecule has 0 radical (unpaired) electrons. The van der Waals surface area contributed by atoms with Crippen LogP contribution < -0.4 is 10.2 Å². The first-order valence-corrected chi connectivity index (χ1v) is 8.39. The Labute approximate surface area is 128 Å². The van der Waals surface area contributed by atoms with Crippen molar-refractivity contribution < 1.29 is 0 Å². The molecule has 0 aliphatic rings. The molecule has 4 heteroatoms. The van der Waals surface area contributed by atoms with Crippen LogP contribution in [-0.2, 0) is 6.54 Å². The summed E-state index contributed by atoms with van der Waals surface area (Å²) in [6, 6.07) is 0.492. The summed E-state index contributed by atoms with van der Waals surface area (Å²) in [7, 11) is 0. The third kappa shape index (κ3) is 5.41. The molecule has 0 fully saturated rings. The fraction of sp³-hybridized carbons (Fsp3) is 0.812. The molecule has 0 aliphatic carbocycles. The fourth-order valence-electron chi connectivity index (χ4n) is 1.95. The number of aryl methyl sites for hydroxylation is 1. The lowest BCUT2D eigenvalue weighted by atomic mass is 10.1. The van der Waals surface area contributed by atoms with Crippen LogP contribution in [0.4, 0.5) is 5.13 Å². The number of rotatable bonds is 6. The molecular formula is C16H31N3S. The van der Waals surface area contributed by atoms with E-state index < -0.39 is 0 Å². The maximum absolute atomic E-state index is 4.79. The van der Waals surface area contributed by atoms with Crippen LogP contribution in [0.5, 0.6) is 0 Å². The predicted octanol–water partition coefficient (Wildman–Crippen LogP) is 4.21. The van der Waals surface area contributed by atoms with Crippen LogP contribution >= 0.6 is 11.3 Å². The molecule has 0 atom stereocenters. The molecule has 20 heavy (non-hydrogen) atoms. The highest BCUT2D eigenvalue weighted by Gasteiger charge is 2.18. The molecule has 0 unspecified atom stereocenters. The molecule has 1 N–H and O–H groups in total. The van der Waals surface area contributed by atoms with Gasteiger partial charge in [-0.15, -0.1) is 11.3 Å². The van der Waals surface area contributed by atoms with E-state index in [4.69, 9.17) is 4.98 Å². The minimum atomic E-state index is 0.145. The molecular weight excluding hydrogens is 266 g/mol. The molecule has 0 spiro atoms. The normalized spacial score (nSPS) is 12.5. The monoisotopic (exact) mass is 297 g/mol. The second-order valence-corrected chi connectivity index (χ2v) is 8.31. The van der Waals surface area contributed by atoms with Gasteiger partial charge in [0.15, 0.2) is 5.13 Å². The summed E-state index contributed by atoms with van der Waals surface area (Å²) >= 11 is 1.83. The summed E-state index contributed by atoms with van der Waals surface area (Å²) in [6.45, 7) is 19.7. The van der Waals surface area contributed by atoms with Crippen molar-refractivity contribution in [3.63, 3.8) is 0 Å². The Balaban J connectivity index is 2.86. The molecule has 1 rings (SSSR count). The largest absolute Gasteiger partial charge is 0.345 e. The first kappa shape index (κ1) is 17.4. The number of nitrogens with one attached hydrogen (secondary N) is 1. The van der Waals surface area contributed by atoms with Crippen LogP contribution in [0.2, 0.25) is 0 Å². The van der Waals surface area contributed by atoms with E-state index >= 15 is 0 Å². The summed E-state index contributed by atoms with van der Waals surface area (Å²) < 4.78 is 0. The van der Waals surface area contributed by atoms with E-state index in [9.17, 15) is 0 Å². The molecule has 116 valence electrons. The molecule has 0 aliphatic heterocycles. The molecule has 0 saturated carbocycles. The summed E-state index contributed by atoms with van der Waals surface area (Å²) in [6.07, 6.45) is 0. The van der Waals surface area contributed by atoms with Crippen LogP contribution in [0.25, 0.3) is 0 Å². The van der Waals surface area contributed by atoms with Gasteiger partial charge in [0.05, 0.1) is 5.69 Å². The van der Waals surface area contributed by atoms with Gasteiger partial charge in [-0.1, -0.05) is 13.8 Å². The average Bonchev–Trinajstić information content (AvgIpc) is 2.63. The van der Waals surface area contributed by atoms with Crippen LogP contribution in [0.15, 0.2) is 0 Å². The second-order valence-electron chi connectivity index (χ2n) is 7.25. The van der Waals surface area contributed by atoms with Crippen LogP contribution in [0, 0.1) is 12.8 Å². The molecule has 0 aromatic carbocycles. The fourth-order valence-corrected chi connectivity index (χ4v) is 3.09. The SMILES string of the molecule is Cc1nc(N(CC(C)C)C(C)C)sc1CNC(C)(C)C. The van der Waals surface area contributed by atoms with Gasteiger partial charge >= 0.3 is 0 Å². The number of hydrogen-bond acceptors (Lipinski definition) is 4. The molecule has 1 aromatic heterocycles. The molecule has 1 aromatic rings. The van der Waals surface area contributed by atoms with E-state index in [0.29, 0.717) is 12.0 Å². The topological polar surface area (TPSA) is 28.2 Å². The maximum Gasteiger partial charge on any atom is 0.186 e. The van der Waals surface area contributed by atoms with Gasteiger partial charge in [0.1, 0.15) is 0 Å². The van der Waals surface area contributed by atoms with Crippen molar-refractivity contribution in [3.8, 4) is 0 Å². The first-order valence-electron chi connectivity index (χ1n) is 7.58. The Morgan fingerprint density at radius 1 is 1.20 bits per heavy atom. The smallest absolute Gasteiger partial charge is 0.186 e. The van der Waals surface area contributed by atoms with Gasteiger partial charge in [-0.2, -0.15) is 0 Å². The summed E-state index contributed by atoms with van der Waals surface area (Å²) in [5.41, 5.74) is 1.31. The molecule has 3 nitrogen and oxygen atoms in total. The van der Waals surface area contributed by atoms with Crippen molar-refractivity contribution in [2.75, 3.05) is 11.4 Å². The molecule has 1 heterocycles. The summed E-state index contributed by atoms with van der Waals surface area (Å²) in [5.74, 6) is 0.651. The third-order valence-electron chi connectivity index (χ3n) is 3.09. The van der Waals surface area contributed by atoms with E-state index in [2.05, 4.69) is 65.6 Å². The van der Waals surface area contributed by atoms with Crippen LogP contribution in [0.3, 0.4) is 0 Å². The van der Waals surface area contributed by atoms with Crippen LogP contribution in [-0.4, -0.2) is 23.1 Å². The van der Waals surface area contributed by atoms with Gasteiger partial charge in [0.2, 0.25) is 0 Å². The number of anilines is 1. The van der Waals surface area contributed by atoms with E-state index in [1.807, 2.05) is 11.3 Å². The zero-order chi connectivity index (χ0) is 15.5. The van der Waals surface area contributed by atoms with Crippen molar-refractivity contribution in [1.29, 1.82) is 0 Å². The molecule has 0 bridgehead atoms. The zero-order valence-corrected chi connectivity index (χ0v) is 15.2. The minimum absolute atomic E-state index is 0.145. The van der Waals surface area contributed by atoms with E-state index in [1.165, 1.54) is 4.88 Å². The summed E-state index contributed by atoms with van der Waals surface area (Å²) in [4.78, 5) is 8.56. The lowest BCUT2D eigenvalue weighted by molar-refractivity contribution is 0.425. The lowest BCUT2D eigenvalue weighted by Crippen LogP contribution is -2.35. The Kier molecular flexibility index (Phi) is 6.02. The van der Waals surface area contributed by atoms with Crippen molar-refractivity contribution in [1.82, 2.24) is 10.3 Å². The van der Waals surface area contributed by atoms with Gasteiger partial charge in [-0.05, 0) is 47.5 Å². The van der Waals surface area contributed by atoms with Crippen molar-refractivity contribution in [3.05, 3.63) is 10.6 Å². The first-order chi connectivity index (χ1) is 9.10. The molecule has 0 amide bonds. The van der Waals surface area contributed by atoms with Gasteiger partial charge in [0.25, 0.3) is 0 Å². The van der Waals surface area contributed by atoms with Gasteiger partial charge in [0, 0.05) is 29.5 Å². The maximum atomic E-state index is 4.79. The van der Waals surface area contributed by atoms with Crippen LogP contribution in [0.1, 0.15) is 59.0 Å². The highest BCUT2D eigenvalue weighted by molar-refractivity contribution is 7.15. The van der Waals surface area contributed by atoms with Crippen molar-refractivity contribution in [2.24, 2.45) is 5.92 Å². The van der Waals surface area contributed by atoms with E-state index in [0.717, 1.165) is 23.9 Å². The predicted molar refractivity (Wildman–Crippen MR) is 90.8 cm³/mol. The van der Waals surface area contributed by atoms with E-state index in [1.54, 1.807) is 0 Å². The average molecular weight is 298 g/mol. The molecule has 0 saturated heterocycles. The van der Waals surface area contributed by atoms with Crippen molar-refractivity contribution >= 4 is 16.5 Å². The number of nitrogens with zero attached hydrogens (tertiary/aromatic N) is 2. The number of hydrogen-bond donors (Lipinski definition) is 1. The Hall–Kier alpha value is -0.610. The quantitative estimate of drug-likeness (QED) is 0.852. The Morgan fingerprint density at radius 2 is 1.80 bits per heavy atom. The van der Waals surface area contributed by atoms with Gasteiger partial charge in [-0.25, -0.2) is 4.98 Å². The van der Waals surface area contributed by atoms with Gasteiger partial charge in [-0.3, -0.25) is 0 Å². The second kappa shape index (κ2) is 6.90. The third-order valence-corrected chi connectivity index (χ3v) is 4.29.